The fourth-order valence-corrected chi connectivity index (χ4v) is 1.91. The fourth-order valence-electron chi connectivity index (χ4n) is 1.91. The maximum atomic E-state index is 13.5. The molecule has 0 radical (unpaired) electrons. The topological polar surface area (TPSA) is 49.3 Å². The van der Waals surface area contributed by atoms with Gasteiger partial charge in [0.2, 0.25) is 5.91 Å². The minimum absolute atomic E-state index is 0.0697. The van der Waals surface area contributed by atoms with Crippen LogP contribution in [-0.2, 0) is 17.6 Å². The number of carbonyl (C=O) groups is 1. The Morgan fingerprint density at radius 3 is 2.93 bits per heavy atom. The van der Waals surface area contributed by atoms with Crippen molar-refractivity contribution in [3.63, 3.8) is 0 Å². The van der Waals surface area contributed by atoms with Crippen LogP contribution in [0.25, 0.3) is 0 Å². The molecular formula is C11H12FNO2. The first-order valence-electron chi connectivity index (χ1n) is 4.96. The third-order valence-corrected chi connectivity index (χ3v) is 2.68. The summed E-state index contributed by atoms with van der Waals surface area (Å²) in [7, 11) is 0. The van der Waals surface area contributed by atoms with E-state index >= 15 is 0 Å². The van der Waals surface area contributed by atoms with Crippen LogP contribution in [-0.4, -0.2) is 11.0 Å². The molecule has 1 aromatic rings. The van der Waals surface area contributed by atoms with E-state index in [9.17, 15) is 14.3 Å². The molecule has 4 heteroatoms. The summed E-state index contributed by atoms with van der Waals surface area (Å²) >= 11 is 0. The lowest BCUT2D eigenvalue weighted by atomic mass is 9.96. The van der Waals surface area contributed by atoms with Crippen molar-refractivity contribution in [1.82, 2.24) is 0 Å². The van der Waals surface area contributed by atoms with Crippen molar-refractivity contribution >= 4 is 11.6 Å². The Hall–Kier alpha value is -1.58. The first-order chi connectivity index (χ1) is 7.13. The lowest BCUT2D eigenvalue weighted by Crippen LogP contribution is -2.21. The molecular weight excluding hydrogens is 197 g/mol. The zero-order valence-electron chi connectivity index (χ0n) is 8.43. The molecule has 0 atom stereocenters. The second-order valence-corrected chi connectivity index (χ2v) is 3.61. The molecule has 0 unspecified atom stereocenters. The highest BCUT2D eigenvalue weighted by Crippen LogP contribution is 2.35. The summed E-state index contributed by atoms with van der Waals surface area (Å²) in [5.74, 6) is -0.655. The third kappa shape index (κ3) is 1.56. The number of hydrogen-bond acceptors (Lipinski definition) is 2. The van der Waals surface area contributed by atoms with Crippen LogP contribution in [0.2, 0.25) is 0 Å². The third-order valence-electron chi connectivity index (χ3n) is 2.68. The van der Waals surface area contributed by atoms with Crippen LogP contribution < -0.4 is 5.32 Å². The molecule has 0 bridgehead atoms. The number of aromatic hydroxyl groups is 1. The van der Waals surface area contributed by atoms with E-state index in [0.717, 1.165) is 6.07 Å². The Morgan fingerprint density at radius 1 is 1.53 bits per heavy atom. The van der Waals surface area contributed by atoms with E-state index in [0.29, 0.717) is 36.1 Å². The van der Waals surface area contributed by atoms with Crippen LogP contribution in [0.15, 0.2) is 6.07 Å². The van der Waals surface area contributed by atoms with Gasteiger partial charge in [0.05, 0.1) is 5.69 Å². The van der Waals surface area contributed by atoms with E-state index in [-0.39, 0.29) is 11.7 Å². The molecule has 3 nitrogen and oxygen atoms in total. The highest BCUT2D eigenvalue weighted by Gasteiger charge is 2.22. The summed E-state index contributed by atoms with van der Waals surface area (Å²) in [6.07, 6.45) is 1.31. The van der Waals surface area contributed by atoms with E-state index in [1.807, 2.05) is 6.92 Å². The van der Waals surface area contributed by atoms with Crippen LogP contribution in [0.1, 0.15) is 24.5 Å². The van der Waals surface area contributed by atoms with Crippen LogP contribution in [0.4, 0.5) is 10.1 Å². The number of benzene rings is 1. The second kappa shape index (κ2) is 3.53. The van der Waals surface area contributed by atoms with Crippen molar-refractivity contribution in [2.24, 2.45) is 0 Å². The first kappa shape index (κ1) is 9.96. The average molecular weight is 209 g/mol. The summed E-state index contributed by atoms with van der Waals surface area (Å²) in [5, 5.41) is 12.2. The van der Waals surface area contributed by atoms with Gasteiger partial charge >= 0.3 is 0 Å². The number of carbonyl (C=O) groups excluding carboxylic acids is 1. The SMILES string of the molecule is CCc1c(F)cc(O)c2c1NC(=O)CC2. The average Bonchev–Trinajstić information content (AvgIpc) is 2.17. The molecule has 80 valence electrons. The van der Waals surface area contributed by atoms with Gasteiger partial charge < -0.3 is 10.4 Å². The van der Waals surface area contributed by atoms with Crippen molar-refractivity contribution < 1.29 is 14.3 Å². The number of amides is 1. The van der Waals surface area contributed by atoms with Gasteiger partial charge in [-0.15, -0.1) is 0 Å². The number of halogens is 1. The van der Waals surface area contributed by atoms with E-state index < -0.39 is 5.82 Å². The molecule has 0 aromatic heterocycles. The number of rotatable bonds is 1. The van der Waals surface area contributed by atoms with E-state index in [2.05, 4.69) is 5.32 Å². The van der Waals surface area contributed by atoms with Gasteiger partial charge in [0.25, 0.3) is 0 Å². The summed E-state index contributed by atoms with van der Waals surface area (Å²) < 4.78 is 13.5. The van der Waals surface area contributed by atoms with E-state index in [1.165, 1.54) is 0 Å². The number of phenolic OH excluding ortho intramolecular Hbond substituents is 1. The quantitative estimate of drug-likeness (QED) is 0.743. The van der Waals surface area contributed by atoms with Crippen LogP contribution in [0.3, 0.4) is 0 Å². The molecule has 0 saturated carbocycles. The molecule has 0 fully saturated rings. The van der Waals surface area contributed by atoms with Gasteiger partial charge in [-0.2, -0.15) is 0 Å². The number of phenols is 1. The Morgan fingerprint density at radius 2 is 2.27 bits per heavy atom. The normalized spacial score (nSPS) is 14.7. The summed E-state index contributed by atoms with van der Waals surface area (Å²) in [6.45, 7) is 1.82. The number of nitrogens with one attached hydrogen (secondary N) is 1. The molecule has 2 rings (SSSR count). The predicted octanol–water partition coefficient (Wildman–Crippen LogP) is 1.98. The van der Waals surface area contributed by atoms with Crippen molar-refractivity contribution in [1.29, 1.82) is 0 Å². The van der Waals surface area contributed by atoms with Gasteiger partial charge in [-0.3, -0.25) is 4.79 Å². The molecule has 2 N–H and O–H groups in total. The molecule has 0 aliphatic carbocycles. The molecule has 0 spiro atoms. The molecule has 1 heterocycles. The fraction of sp³-hybridized carbons (Fsp3) is 0.364. The lowest BCUT2D eigenvalue weighted by Gasteiger charge is -2.21. The Bertz CT molecular complexity index is 409. The highest BCUT2D eigenvalue weighted by molar-refractivity contribution is 5.95. The van der Waals surface area contributed by atoms with Crippen molar-refractivity contribution in [3.05, 3.63) is 23.0 Å². The zero-order chi connectivity index (χ0) is 11.0. The largest absolute Gasteiger partial charge is 0.507 e. The number of anilines is 1. The van der Waals surface area contributed by atoms with Crippen molar-refractivity contribution in [2.75, 3.05) is 5.32 Å². The standard InChI is InChI=1S/C11H12FNO2/c1-2-6-8(12)5-9(14)7-3-4-10(15)13-11(6)7/h5,14H,2-4H2,1H3,(H,13,15). The lowest BCUT2D eigenvalue weighted by molar-refractivity contribution is -0.116. The van der Waals surface area contributed by atoms with Crippen molar-refractivity contribution in [3.8, 4) is 5.75 Å². The molecule has 1 aromatic carbocycles. The summed E-state index contributed by atoms with van der Waals surface area (Å²) in [5.41, 5.74) is 1.58. The Labute approximate surface area is 86.9 Å². The monoisotopic (exact) mass is 209 g/mol. The summed E-state index contributed by atoms with van der Waals surface area (Å²) in [6, 6.07) is 1.12. The highest BCUT2D eigenvalue weighted by atomic mass is 19.1. The molecule has 15 heavy (non-hydrogen) atoms. The predicted molar refractivity (Wildman–Crippen MR) is 54.4 cm³/mol. The molecule has 1 aliphatic heterocycles. The zero-order valence-corrected chi connectivity index (χ0v) is 8.43. The van der Waals surface area contributed by atoms with Crippen LogP contribution >= 0.6 is 0 Å². The number of fused-ring (bicyclic) bond motifs is 1. The Kier molecular flexibility index (Phi) is 2.34. The van der Waals surface area contributed by atoms with Gasteiger partial charge in [0.15, 0.2) is 0 Å². The maximum Gasteiger partial charge on any atom is 0.224 e. The Balaban J connectivity index is 2.63. The smallest absolute Gasteiger partial charge is 0.224 e. The maximum absolute atomic E-state index is 13.5. The minimum atomic E-state index is -0.462. The van der Waals surface area contributed by atoms with Gasteiger partial charge in [-0.05, 0) is 12.8 Å². The van der Waals surface area contributed by atoms with Gasteiger partial charge in [0, 0.05) is 23.6 Å². The van der Waals surface area contributed by atoms with Crippen molar-refractivity contribution in [2.45, 2.75) is 26.2 Å². The van der Waals surface area contributed by atoms with E-state index in [4.69, 9.17) is 0 Å². The summed E-state index contributed by atoms with van der Waals surface area (Å²) in [4.78, 5) is 11.2. The van der Waals surface area contributed by atoms with Crippen LogP contribution in [0, 0.1) is 5.82 Å². The van der Waals surface area contributed by atoms with Gasteiger partial charge in [-0.1, -0.05) is 6.92 Å². The van der Waals surface area contributed by atoms with Crippen LogP contribution in [0.5, 0.6) is 5.75 Å². The molecule has 0 saturated heterocycles. The van der Waals surface area contributed by atoms with E-state index in [1.54, 1.807) is 0 Å². The second-order valence-electron chi connectivity index (χ2n) is 3.61. The first-order valence-corrected chi connectivity index (χ1v) is 4.96. The van der Waals surface area contributed by atoms with Gasteiger partial charge in [-0.25, -0.2) is 4.39 Å². The molecule has 1 amide bonds. The van der Waals surface area contributed by atoms with Gasteiger partial charge in [0.1, 0.15) is 11.6 Å². The molecule has 1 aliphatic rings. The minimum Gasteiger partial charge on any atom is -0.507 e. The number of hydrogen-bond donors (Lipinski definition) is 2.